The van der Waals surface area contributed by atoms with E-state index in [0.29, 0.717) is 6.61 Å². The Hall–Kier alpha value is -1.13. The average Bonchev–Trinajstić information content (AvgIpc) is 2.67. The van der Waals surface area contributed by atoms with Crippen molar-refractivity contribution in [1.82, 2.24) is 9.78 Å². The average molecular weight is 266 g/mol. The summed E-state index contributed by atoms with van der Waals surface area (Å²) in [6.45, 7) is 0.501. The van der Waals surface area contributed by atoms with Crippen LogP contribution in [-0.4, -0.2) is 16.9 Å². The molecule has 0 aliphatic heterocycles. The molecule has 1 heterocycles. The van der Waals surface area contributed by atoms with Crippen LogP contribution in [0.4, 0.5) is 0 Å². The number of ether oxygens (including phenoxy) is 1. The molecule has 0 bridgehead atoms. The van der Waals surface area contributed by atoms with Crippen molar-refractivity contribution in [3.63, 3.8) is 0 Å². The summed E-state index contributed by atoms with van der Waals surface area (Å²) in [6, 6.07) is 10.9. The number of benzene rings is 1. The van der Waals surface area contributed by atoms with E-state index in [2.05, 4.69) is 27.1 Å². The van der Waals surface area contributed by atoms with Crippen LogP contribution in [0.25, 0.3) is 5.69 Å². The Labute approximate surface area is 96.8 Å². The van der Waals surface area contributed by atoms with E-state index in [-0.39, 0.29) is 0 Å². The fraction of sp³-hybridized carbons (Fsp3) is 0.182. The minimum absolute atomic E-state index is 0.501. The lowest BCUT2D eigenvalue weighted by molar-refractivity contribution is 0.179. The quantitative estimate of drug-likeness (QED) is 0.853. The first kappa shape index (κ1) is 10.4. The molecular weight excluding hydrogens is 256 g/mol. The molecule has 0 amide bonds. The van der Waals surface area contributed by atoms with Gasteiger partial charge < -0.3 is 4.74 Å². The molecule has 1 aromatic heterocycles. The minimum atomic E-state index is 0.501. The van der Waals surface area contributed by atoms with Crippen molar-refractivity contribution in [3.05, 3.63) is 46.7 Å². The highest BCUT2D eigenvalue weighted by Crippen LogP contribution is 2.21. The lowest BCUT2D eigenvalue weighted by Crippen LogP contribution is -2.03. The van der Waals surface area contributed by atoms with Gasteiger partial charge in [-0.25, -0.2) is 4.68 Å². The number of nitrogens with zero attached hydrogens (tertiary/aromatic N) is 2. The minimum Gasteiger partial charge on any atom is -0.378 e. The van der Waals surface area contributed by atoms with Crippen LogP contribution in [0.1, 0.15) is 5.69 Å². The molecular formula is C11H10BrN2O. The zero-order valence-corrected chi connectivity index (χ0v) is 9.86. The number of hydrogen-bond acceptors (Lipinski definition) is 2. The van der Waals surface area contributed by atoms with Crippen molar-refractivity contribution in [2.24, 2.45) is 0 Å². The number of aromatic nitrogens is 2. The van der Waals surface area contributed by atoms with E-state index >= 15 is 0 Å². The van der Waals surface area contributed by atoms with Crippen LogP contribution in [0.5, 0.6) is 0 Å². The molecule has 0 saturated carbocycles. The Morgan fingerprint density at radius 3 is 3.00 bits per heavy atom. The van der Waals surface area contributed by atoms with Gasteiger partial charge in [-0.05, 0) is 28.1 Å². The molecule has 1 radical (unpaired) electrons. The van der Waals surface area contributed by atoms with Crippen molar-refractivity contribution in [1.29, 1.82) is 0 Å². The Kier molecular flexibility index (Phi) is 3.18. The van der Waals surface area contributed by atoms with Crippen LogP contribution in [0.2, 0.25) is 0 Å². The molecule has 0 N–H and O–H groups in total. The van der Waals surface area contributed by atoms with Gasteiger partial charge in [0.15, 0.2) is 0 Å². The maximum Gasteiger partial charge on any atom is 0.0891 e. The molecule has 0 unspecified atom stereocenters. The Morgan fingerprint density at radius 1 is 1.47 bits per heavy atom. The van der Waals surface area contributed by atoms with Gasteiger partial charge in [-0.15, -0.1) is 0 Å². The molecule has 2 rings (SSSR count). The maximum absolute atomic E-state index is 5.08. The van der Waals surface area contributed by atoms with E-state index in [1.165, 1.54) is 0 Å². The van der Waals surface area contributed by atoms with Crippen LogP contribution in [0.15, 0.2) is 34.9 Å². The van der Waals surface area contributed by atoms with E-state index in [1.54, 1.807) is 13.3 Å². The fourth-order valence-electron chi connectivity index (χ4n) is 1.36. The largest absolute Gasteiger partial charge is 0.378 e. The van der Waals surface area contributed by atoms with Gasteiger partial charge >= 0.3 is 0 Å². The summed E-state index contributed by atoms with van der Waals surface area (Å²) in [5.41, 5.74) is 1.90. The molecule has 15 heavy (non-hydrogen) atoms. The standard InChI is InChI=1S/C11H10BrN2O/c1-15-8-9-6-7-13-14(9)11-5-3-2-4-10(11)12/h2-5,7H,8H2,1H3. The van der Waals surface area contributed by atoms with E-state index < -0.39 is 0 Å². The van der Waals surface area contributed by atoms with Crippen molar-refractivity contribution in [2.45, 2.75) is 6.61 Å². The summed E-state index contributed by atoms with van der Waals surface area (Å²) in [5.74, 6) is 0. The number of hydrogen-bond donors (Lipinski definition) is 0. The Bertz CT molecular complexity index is 453. The smallest absolute Gasteiger partial charge is 0.0891 e. The molecule has 0 atom stereocenters. The lowest BCUT2D eigenvalue weighted by Gasteiger charge is -2.08. The Morgan fingerprint density at radius 2 is 2.27 bits per heavy atom. The third-order valence-corrected chi connectivity index (χ3v) is 2.69. The third-order valence-electron chi connectivity index (χ3n) is 2.02. The second-order valence-electron chi connectivity index (χ2n) is 3.03. The molecule has 0 aliphatic rings. The first-order chi connectivity index (χ1) is 7.33. The molecule has 4 heteroatoms. The van der Waals surface area contributed by atoms with E-state index in [9.17, 15) is 0 Å². The van der Waals surface area contributed by atoms with Gasteiger partial charge in [-0.2, -0.15) is 5.10 Å². The molecule has 3 nitrogen and oxygen atoms in total. The molecule has 0 aliphatic carbocycles. The van der Waals surface area contributed by atoms with E-state index in [0.717, 1.165) is 15.9 Å². The molecule has 0 spiro atoms. The van der Waals surface area contributed by atoms with Crippen LogP contribution in [-0.2, 0) is 11.3 Å². The highest BCUT2D eigenvalue weighted by atomic mass is 79.9. The van der Waals surface area contributed by atoms with Crippen molar-refractivity contribution in [2.75, 3.05) is 7.11 Å². The van der Waals surface area contributed by atoms with E-state index in [4.69, 9.17) is 4.74 Å². The van der Waals surface area contributed by atoms with Gasteiger partial charge in [0.05, 0.1) is 24.2 Å². The summed E-state index contributed by atoms with van der Waals surface area (Å²) in [5, 5.41) is 4.22. The first-order valence-corrected chi connectivity index (χ1v) is 5.30. The third kappa shape index (κ3) is 2.11. The van der Waals surface area contributed by atoms with Crippen LogP contribution >= 0.6 is 15.9 Å². The van der Waals surface area contributed by atoms with Crippen molar-refractivity contribution in [3.8, 4) is 5.69 Å². The normalized spacial score (nSPS) is 10.5. The predicted molar refractivity (Wildman–Crippen MR) is 60.8 cm³/mol. The zero-order valence-electron chi connectivity index (χ0n) is 8.27. The van der Waals surface area contributed by atoms with E-state index in [1.807, 2.05) is 28.9 Å². The van der Waals surface area contributed by atoms with Gasteiger partial charge in [0.2, 0.25) is 0 Å². The van der Waals surface area contributed by atoms with Gasteiger partial charge in [-0.3, -0.25) is 0 Å². The highest BCUT2D eigenvalue weighted by Gasteiger charge is 2.07. The van der Waals surface area contributed by atoms with Crippen LogP contribution in [0.3, 0.4) is 0 Å². The van der Waals surface area contributed by atoms with Crippen LogP contribution < -0.4 is 0 Å². The second-order valence-corrected chi connectivity index (χ2v) is 3.89. The first-order valence-electron chi connectivity index (χ1n) is 4.51. The second kappa shape index (κ2) is 4.59. The molecule has 0 saturated heterocycles. The maximum atomic E-state index is 5.08. The number of rotatable bonds is 3. The van der Waals surface area contributed by atoms with Gasteiger partial charge in [0.1, 0.15) is 0 Å². The van der Waals surface area contributed by atoms with Crippen molar-refractivity contribution < 1.29 is 4.74 Å². The number of methoxy groups -OCH3 is 1. The summed E-state index contributed by atoms with van der Waals surface area (Å²) in [7, 11) is 1.66. The number of halogens is 1. The number of para-hydroxylation sites is 1. The van der Waals surface area contributed by atoms with Gasteiger partial charge in [0, 0.05) is 17.6 Å². The summed E-state index contributed by atoms with van der Waals surface area (Å²) < 4.78 is 7.89. The predicted octanol–water partition coefficient (Wildman–Crippen LogP) is 2.58. The fourth-order valence-corrected chi connectivity index (χ4v) is 1.82. The summed E-state index contributed by atoms with van der Waals surface area (Å²) >= 11 is 3.49. The Balaban J connectivity index is 2.45. The molecule has 2 aromatic rings. The monoisotopic (exact) mass is 265 g/mol. The van der Waals surface area contributed by atoms with Gasteiger partial charge in [0.25, 0.3) is 0 Å². The molecule has 0 fully saturated rings. The van der Waals surface area contributed by atoms with Gasteiger partial charge in [-0.1, -0.05) is 12.1 Å². The zero-order chi connectivity index (χ0) is 10.7. The highest BCUT2D eigenvalue weighted by molar-refractivity contribution is 9.10. The van der Waals surface area contributed by atoms with Crippen molar-refractivity contribution >= 4 is 15.9 Å². The summed E-state index contributed by atoms with van der Waals surface area (Å²) in [6.07, 6.45) is 1.65. The summed E-state index contributed by atoms with van der Waals surface area (Å²) in [4.78, 5) is 0. The lowest BCUT2D eigenvalue weighted by atomic mass is 10.3. The SMILES string of the molecule is COCc1[c]cnn1-c1ccccc1Br. The van der Waals surface area contributed by atoms with Crippen LogP contribution in [0, 0.1) is 6.07 Å². The topological polar surface area (TPSA) is 27.1 Å². The molecule has 1 aromatic carbocycles. The molecule has 77 valence electrons.